The number of imidazole rings is 1. The maximum Gasteiger partial charge on any atom is 0.352 e. The number of nitrogens with two attached hydrogens (primary N) is 1. The molecule has 1 aromatic rings. The van der Waals surface area contributed by atoms with Crippen molar-refractivity contribution in [2.75, 3.05) is 0 Å². The van der Waals surface area contributed by atoms with E-state index in [4.69, 9.17) is 10.6 Å². The van der Waals surface area contributed by atoms with Crippen molar-refractivity contribution < 1.29 is 9.63 Å². The maximum absolute atomic E-state index is 11.8. The van der Waals surface area contributed by atoms with Crippen molar-refractivity contribution in [1.82, 2.24) is 9.71 Å². The van der Waals surface area contributed by atoms with Crippen molar-refractivity contribution in [3.8, 4) is 0 Å². The van der Waals surface area contributed by atoms with Crippen LogP contribution in [0.25, 0.3) is 0 Å². The van der Waals surface area contributed by atoms with E-state index in [0.717, 1.165) is 19.3 Å². The molecule has 1 saturated carbocycles. The number of hydrogen-bond donors (Lipinski definition) is 1. The highest BCUT2D eigenvalue weighted by Gasteiger charge is 2.58. The van der Waals surface area contributed by atoms with Crippen LogP contribution in [0.3, 0.4) is 0 Å². The van der Waals surface area contributed by atoms with Gasteiger partial charge in [0.25, 0.3) is 0 Å². The van der Waals surface area contributed by atoms with Crippen molar-refractivity contribution in [2.24, 2.45) is 11.7 Å². The van der Waals surface area contributed by atoms with E-state index in [9.17, 15) is 4.79 Å². The van der Waals surface area contributed by atoms with Gasteiger partial charge in [0.1, 0.15) is 11.9 Å². The highest BCUT2D eigenvalue weighted by atomic mass is 16.7. The molecule has 1 aliphatic rings. The van der Waals surface area contributed by atoms with Crippen LogP contribution in [0.4, 0.5) is 0 Å². The molecule has 1 aliphatic carbocycles. The number of aromatic nitrogens is 2. The largest absolute Gasteiger partial charge is 0.352 e. The van der Waals surface area contributed by atoms with E-state index < -0.39 is 5.54 Å². The Bertz CT molecular complexity index is 377. The molecule has 0 radical (unpaired) electrons. The number of carbonyl (C=O) groups is 1. The molecule has 0 aliphatic heterocycles. The van der Waals surface area contributed by atoms with E-state index in [1.165, 1.54) is 23.9 Å². The summed E-state index contributed by atoms with van der Waals surface area (Å²) in [6.45, 7) is 2.16. The molecular formula is C12H19N3O2. The Morgan fingerprint density at radius 2 is 2.47 bits per heavy atom. The zero-order valence-corrected chi connectivity index (χ0v) is 10.1. The van der Waals surface area contributed by atoms with Crippen LogP contribution >= 0.6 is 0 Å². The first-order chi connectivity index (χ1) is 8.16. The first-order valence-electron chi connectivity index (χ1n) is 6.16. The summed E-state index contributed by atoms with van der Waals surface area (Å²) < 4.78 is 1.29. The molecule has 2 atom stereocenters. The van der Waals surface area contributed by atoms with Crippen LogP contribution in [0.5, 0.6) is 0 Å². The standard InChI is InChI=1S/C12H19N3O2/c1-2-3-4-5-10-8-12(10,13)11(16)17-15-7-6-14-9-15/h6-7,9-10H,2-5,8,13H2,1H3. The van der Waals surface area contributed by atoms with Gasteiger partial charge in [0.2, 0.25) is 0 Å². The summed E-state index contributed by atoms with van der Waals surface area (Å²) in [4.78, 5) is 20.8. The summed E-state index contributed by atoms with van der Waals surface area (Å²) in [5.41, 5.74) is 5.26. The molecule has 0 aromatic carbocycles. The Morgan fingerprint density at radius 3 is 3.12 bits per heavy atom. The lowest BCUT2D eigenvalue weighted by Gasteiger charge is -2.10. The minimum atomic E-state index is -0.766. The van der Waals surface area contributed by atoms with Gasteiger partial charge in [-0.15, -0.1) is 0 Å². The van der Waals surface area contributed by atoms with Gasteiger partial charge in [0.15, 0.2) is 0 Å². The monoisotopic (exact) mass is 237 g/mol. The quantitative estimate of drug-likeness (QED) is 0.753. The predicted molar refractivity (Wildman–Crippen MR) is 63.0 cm³/mol. The van der Waals surface area contributed by atoms with E-state index in [2.05, 4.69) is 11.9 Å². The fourth-order valence-electron chi connectivity index (χ4n) is 2.08. The molecule has 2 N–H and O–H groups in total. The zero-order valence-electron chi connectivity index (χ0n) is 10.1. The normalized spacial score (nSPS) is 26.8. The minimum Gasteiger partial charge on any atom is -0.333 e. The molecule has 0 bridgehead atoms. The Hall–Kier alpha value is -1.36. The number of rotatable bonds is 6. The number of nitrogens with zero attached hydrogens (tertiary/aromatic N) is 2. The zero-order chi connectivity index (χ0) is 12.3. The molecule has 0 amide bonds. The molecular weight excluding hydrogens is 218 g/mol. The SMILES string of the molecule is CCCCCC1CC1(N)C(=O)On1ccnc1. The van der Waals surface area contributed by atoms with Gasteiger partial charge in [-0.2, -0.15) is 4.73 Å². The summed E-state index contributed by atoms with van der Waals surface area (Å²) in [5.74, 6) is -0.0675. The molecule has 5 nitrogen and oxygen atoms in total. The summed E-state index contributed by atoms with van der Waals surface area (Å²) >= 11 is 0. The second-order valence-electron chi connectivity index (χ2n) is 4.74. The van der Waals surface area contributed by atoms with Crippen LogP contribution in [0.15, 0.2) is 18.7 Å². The third kappa shape index (κ3) is 2.66. The molecule has 1 aromatic heterocycles. The van der Waals surface area contributed by atoms with Crippen LogP contribution in [0.1, 0.15) is 39.0 Å². The molecule has 2 unspecified atom stereocenters. The highest BCUT2D eigenvalue weighted by Crippen LogP contribution is 2.45. The van der Waals surface area contributed by atoms with E-state index in [1.807, 2.05) is 0 Å². The van der Waals surface area contributed by atoms with Gasteiger partial charge in [-0.25, -0.2) is 9.78 Å². The highest BCUT2D eigenvalue weighted by molar-refractivity contribution is 5.85. The molecule has 0 saturated heterocycles. The lowest BCUT2D eigenvalue weighted by atomic mass is 10.1. The van der Waals surface area contributed by atoms with Gasteiger partial charge >= 0.3 is 5.97 Å². The Kier molecular flexibility index (Phi) is 3.47. The maximum atomic E-state index is 11.8. The van der Waals surface area contributed by atoms with Gasteiger partial charge < -0.3 is 10.6 Å². The molecule has 5 heteroatoms. The van der Waals surface area contributed by atoms with Crippen LogP contribution in [0, 0.1) is 5.92 Å². The fraction of sp³-hybridized carbons (Fsp3) is 0.667. The van der Waals surface area contributed by atoms with Gasteiger partial charge in [-0.3, -0.25) is 0 Å². The molecule has 94 valence electrons. The summed E-state index contributed by atoms with van der Waals surface area (Å²) in [6.07, 6.45) is 9.85. The first-order valence-corrected chi connectivity index (χ1v) is 6.16. The molecule has 1 fully saturated rings. The Balaban J connectivity index is 1.80. The lowest BCUT2D eigenvalue weighted by Crippen LogP contribution is -2.41. The summed E-state index contributed by atoms with van der Waals surface area (Å²) in [7, 11) is 0. The second kappa shape index (κ2) is 4.87. The smallest absolute Gasteiger partial charge is 0.333 e. The van der Waals surface area contributed by atoms with Crippen molar-refractivity contribution >= 4 is 5.97 Å². The van der Waals surface area contributed by atoms with Gasteiger partial charge in [0, 0.05) is 6.20 Å². The average molecular weight is 237 g/mol. The fourth-order valence-corrected chi connectivity index (χ4v) is 2.08. The van der Waals surface area contributed by atoms with Crippen molar-refractivity contribution in [2.45, 2.75) is 44.6 Å². The van der Waals surface area contributed by atoms with Crippen molar-refractivity contribution in [1.29, 1.82) is 0 Å². The number of carbonyl (C=O) groups excluding carboxylic acids is 1. The van der Waals surface area contributed by atoms with E-state index in [-0.39, 0.29) is 11.9 Å². The summed E-state index contributed by atoms with van der Waals surface area (Å²) in [5, 5.41) is 0. The topological polar surface area (TPSA) is 70.1 Å². The van der Waals surface area contributed by atoms with Gasteiger partial charge in [-0.05, 0) is 18.8 Å². The molecule has 2 rings (SSSR count). The average Bonchev–Trinajstić information content (AvgIpc) is 2.76. The van der Waals surface area contributed by atoms with Crippen LogP contribution in [0.2, 0.25) is 0 Å². The van der Waals surface area contributed by atoms with Gasteiger partial charge in [-0.1, -0.05) is 26.2 Å². The lowest BCUT2D eigenvalue weighted by molar-refractivity contribution is -0.147. The van der Waals surface area contributed by atoms with Crippen LogP contribution < -0.4 is 10.6 Å². The molecule has 17 heavy (non-hydrogen) atoms. The Labute approximate surface area is 101 Å². The number of unbranched alkanes of at least 4 members (excludes halogenated alkanes) is 2. The van der Waals surface area contributed by atoms with Crippen LogP contribution in [-0.4, -0.2) is 21.2 Å². The van der Waals surface area contributed by atoms with Crippen molar-refractivity contribution in [3.05, 3.63) is 18.7 Å². The van der Waals surface area contributed by atoms with Gasteiger partial charge in [0.05, 0.1) is 6.20 Å². The first kappa shape index (κ1) is 12.1. The predicted octanol–water partition coefficient (Wildman–Crippen LogP) is 1.14. The second-order valence-corrected chi connectivity index (χ2v) is 4.74. The van der Waals surface area contributed by atoms with E-state index in [0.29, 0.717) is 0 Å². The van der Waals surface area contributed by atoms with E-state index >= 15 is 0 Å². The van der Waals surface area contributed by atoms with Crippen molar-refractivity contribution in [3.63, 3.8) is 0 Å². The third-order valence-electron chi connectivity index (χ3n) is 3.36. The molecule has 1 heterocycles. The summed E-state index contributed by atoms with van der Waals surface area (Å²) in [6, 6.07) is 0. The Morgan fingerprint density at radius 1 is 1.65 bits per heavy atom. The van der Waals surface area contributed by atoms with Crippen LogP contribution in [-0.2, 0) is 4.79 Å². The third-order valence-corrected chi connectivity index (χ3v) is 3.36. The molecule has 0 spiro atoms. The van der Waals surface area contributed by atoms with E-state index in [1.54, 1.807) is 12.4 Å². The number of hydrogen-bond acceptors (Lipinski definition) is 4. The minimum absolute atomic E-state index is 0.282.